The van der Waals surface area contributed by atoms with E-state index in [-0.39, 0.29) is 27.1 Å². The van der Waals surface area contributed by atoms with Crippen LogP contribution in [0.25, 0.3) is 5.57 Å². The summed E-state index contributed by atoms with van der Waals surface area (Å²) in [6.45, 7) is 20.3. The molecule has 50 heavy (non-hydrogen) atoms. The number of nitrogens with zero attached hydrogens (tertiary/aromatic N) is 2. The summed E-state index contributed by atoms with van der Waals surface area (Å²) in [6.07, 6.45) is 15.3. The van der Waals surface area contributed by atoms with Gasteiger partial charge in [-0.25, -0.2) is 4.79 Å². The molecule has 5 nitrogen and oxygen atoms in total. The van der Waals surface area contributed by atoms with Crippen LogP contribution in [0.1, 0.15) is 121 Å². The number of likely N-dealkylation sites (N-methyl/N-ethyl adjacent to an activating group) is 1. The maximum absolute atomic E-state index is 14.8. The SMILES string of the molecule is C=C(C)C1CCC2(C(=O)N(C)CCc3ccccn3)CCC3(C)C(CCC4C5(C)CC=C(c6ccc(C(=O)O)cc6)C(C)(C)C5CCC43C)C12. The smallest absolute Gasteiger partial charge is 0.335 e. The van der Waals surface area contributed by atoms with Gasteiger partial charge in [-0.05, 0) is 151 Å². The Morgan fingerprint density at radius 1 is 0.900 bits per heavy atom. The average Bonchev–Trinajstić information content (AvgIpc) is 3.49. The van der Waals surface area contributed by atoms with Crippen LogP contribution in [0.3, 0.4) is 0 Å². The molecule has 1 heterocycles. The number of carbonyl (C=O) groups excluding carboxylic acids is 1. The van der Waals surface area contributed by atoms with Gasteiger partial charge in [-0.3, -0.25) is 9.78 Å². The zero-order chi connectivity index (χ0) is 35.9. The fourth-order valence-corrected chi connectivity index (χ4v) is 13.7. The average molecular weight is 677 g/mol. The molecule has 5 aliphatic carbocycles. The molecule has 9 unspecified atom stereocenters. The molecule has 1 aromatic carbocycles. The van der Waals surface area contributed by atoms with Crippen LogP contribution < -0.4 is 0 Å². The number of carbonyl (C=O) groups is 2. The summed E-state index contributed by atoms with van der Waals surface area (Å²) in [6, 6.07) is 13.6. The Balaban J connectivity index is 1.19. The molecule has 7 rings (SSSR count). The van der Waals surface area contributed by atoms with Crippen LogP contribution in [-0.2, 0) is 11.2 Å². The first-order valence-corrected chi connectivity index (χ1v) is 19.5. The first kappa shape index (κ1) is 35.2. The lowest BCUT2D eigenvalue weighted by atomic mass is 9.32. The third kappa shape index (κ3) is 5.02. The summed E-state index contributed by atoms with van der Waals surface area (Å²) in [5.41, 5.74) is 5.46. The predicted octanol–water partition coefficient (Wildman–Crippen LogP) is 10.1. The van der Waals surface area contributed by atoms with Crippen molar-refractivity contribution in [2.24, 2.45) is 56.7 Å². The molecule has 4 fully saturated rings. The fraction of sp³-hybridized carbons (Fsp3) is 0.622. The van der Waals surface area contributed by atoms with E-state index in [1.807, 2.05) is 42.4 Å². The molecule has 0 radical (unpaired) electrons. The minimum Gasteiger partial charge on any atom is -0.478 e. The van der Waals surface area contributed by atoms with Gasteiger partial charge >= 0.3 is 5.97 Å². The monoisotopic (exact) mass is 676 g/mol. The van der Waals surface area contributed by atoms with Crippen molar-refractivity contribution in [3.63, 3.8) is 0 Å². The van der Waals surface area contributed by atoms with Crippen molar-refractivity contribution in [2.75, 3.05) is 13.6 Å². The van der Waals surface area contributed by atoms with E-state index >= 15 is 0 Å². The highest BCUT2D eigenvalue weighted by Crippen LogP contribution is 2.77. The number of aromatic nitrogens is 1. The molecule has 4 saturated carbocycles. The van der Waals surface area contributed by atoms with E-state index in [0.717, 1.165) is 49.8 Å². The number of benzene rings is 1. The molecule has 5 heteroatoms. The molecule has 1 N–H and O–H groups in total. The minimum atomic E-state index is -0.874. The first-order chi connectivity index (χ1) is 23.6. The summed E-state index contributed by atoms with van der Waals surface area (Å²) in [7, 11) is 2.03. The van der Waals surface area contributed by atoms with Crippen molar-refractivity contribution >= 4 is 17.4 Å². The predicted molar refractivity (Wildman–Crippen MR) is 201 cm³/mol. The maximum Gasteiger partial charge on any atom is 0.335 e. The highest BCUT2D eigenvalue weighted by molar-refractivity contribution is 5.88. The van der Waals surface area contributed by atoms with Crippen LogP contribution in [-0.4, -0.2) is 40.5 Å². The van der Waals surface area contributed by atoms with Gasteiger partial charge in [0.2, 0.25) is 5.91 Å². The molecule has 9 atom stereocenters. The molecule has 0 saturated heterocycles. The van der Waals surface area contributed by atoms with Crippen LogP contribution in [0.4, 0.5) is 0 Å². The van der Waals surface area contributed by atoms with E-state index < -0.39 is 5.97 Å². The van der Waals surface area contributed by atoms with E-state index in [1.165, 1.54) is 36.8 Å². The third-order valence-corrected chi connectivity index (χ3v) is 16.3. The standard InChI is InChI=1S/C45H60N2O3/c1-29(2)33-18-24-45(40(50)47(8)28-21-32-11-9-10-27-46-32)26-25-43(6)35(38(33)45)16-17-37-42(5)22-19-34(30-12-14-31(15-13-30)39(48)49)41(3,4)36(42)20-23-44(37,43)7/h9-15,19,27,33,35-38H,1,16-18,20-26,28H2,2-8H3,(H,48,49). The number of amides is 1. The van der Waals surface area contributed by atoms with Crippen LogP contribution in [0.2, 0.25) is 0 Å². The van der Waals surface area contributed by atoms with Crippen LogP contribution in [0.15, 0.2) is 66.9 Å². The zero-order valence-corrected chi connectivity index (χ0v) is 31.7. The van der Waals surface area contributed by atoms with Gasteiger partial charge < -0.3 is 10.0 Å². The van der Waals surface area contributed by atoms with E-state index in [1.54, 1.807) is 12.1 Å². The summed E-state index contributed by atoms with van der Waals surface area (Å²) in [5.74, 6) is 1.96. The second-order valence-corrected chi connectivity index (χ2v) is 18.6. The Hall–Kier alpha value is -3.21. The Morgan fingerprint density at radius 3 is 2.30 bits per heavy atom. The largest absolute Gasteiger partial charge is 0.478 e. The van der Waals surface area contributed by atoms with Gasteiger partial charge in [0.05, 0.1) is 11.0 Å². The number of carboxylic acid groups (broad SMARTS) is 1. The number of hydrogen-bond donors (Lipinski definition) is 1. The van der Waals surface area contributed by atoms with Gasteiger partial charge in [-0.15, -0.1) is 0 Å². The number of fused-ring (bicyclic) bond motifs is 7. The number of hydrogen-bond acceptors (Lipinski definition) is 3. The Labute approximate surface area is 301 Å². The van der Waals surface area contributed by atoms with Crippen molar-refractivity contribution in [3.05, 3.63) is 83.7 Å². The number of aromatic carboxylic acids is 1. The molecule has 5 aliphatic rings. The minimum absolute atomic E-state index is 0.0126. The van der Waals surface area contributed by atoms with Crippen LogP contribution in [0, 0.1) is 56.7 Å². The molecule has 2 aromatic rings. The van der Waals surface area contributed by atoms with E-state index in [9.17, 15) is 14.7 Å². The van der Waals surface area contributed by atoms with Crippen molar-refractivity contribution in [2.45, 2.75) is 106 Å². The second kappa shape index (κ2) is 12.2. The van der Waals surface area contributed by atoms with Crippen LogP contribution >= 0.6 is 0 Å². The van der Waals surface area contributed by atoms with Crippen molar-refractivity contribution in [3.8, 4) is 0 Å². The lowest BCUT2D eigenvalue weighted by Gasteiger charge is -2.72. The van der Waals surface area contributed by atoms with Crippen molar-refractivity contribution < 1.29 is 14.7 Å². The fourth-order valence-electron chi connectivity index (χ4n) is 13.7. The maximum atomic E-state index is 14.8. The van der Waals surface area contributed by atoms with E-state index in [0.29, 0.717) is 47.6 Å². The molecule has 0 spiro atoms. The van der Waals surface area contributed by atoms with Gasteiger partial charge in [0.15, 0.2) is 0 Å². The molecular formula is C45H60N2O3. The summed E-state index contributed by atoms with van der Waals surface area (Å²) in [4.78, 5) is 32.9. The molecule has 0 bridgehead atoms. The summed E-state index contributed by atoms with van der Waals surface area (Å²) < 4.78 is 0. The molecular weight excluding hydrogens is 617 g/mol. The van der Waals surface area contributed by atoms with Crippen LogP contribution in [0.5, 0.6) is 0 Å². The van der Waals surface area contributed by atoms with E-state index in [2.05, 4.69) is 65.2 Å². The highest BCUT2D eigenvalue weighted by atomic mass is 16.4. The molecule has 1 amide bonds. The zero-order valence-electron chi connectivity index (χ0n) is 31.7. The Kier molecular flexibility index (Phi) is 8.59. The number of pyridine rings is 1. The first-order valence-electron chi connectivity index (χ1n) is 19.5. The van der Waals surface area contributed by atoms with Crippen molar-refractivity contribution in [1.29, 1.82) is 0 Å². The summed E-state index contributed by atoms with van der Waals surface area (Å²) in [5, 5.41) is 9.49. The lowest BCUT2D eigenvalue weighted by molar-refractivity contribution is -0.226. The normalized spacial score (nSPS) is 38.5. The molecule has 1 aromatic heterocycles. The lowest BCUT2D eigenvalue weighted by Crippen LogP contribution is -2.66. The Bertz CT molecular complexity index is 1690. The topological polar surface area (TPSA) is 70.5 Å². The number of carboxylic acids is 1. The van der Waals surface area contributed by atoms with Gasteiger partial charge in [0, 0.05) is 31.9 Å². The van der Waals surface area contributed by atoms with Crippen molar-refractivity contribution in [1.82, 2.24) is 9.88 Å². The number of allylic oxidation sites excluding steroid dienone is 3. The van der Waals surface area contributed by atoms with Gasteiger partial charge in [0.25, 0.3) is 0 Å². The third-order valence-electron chi connectivity index (χ3n) is 16.3. The molecule has 268 valence electrons. The number of rotatable bonds is 7. The second-order valence-electron chi connectivity index (χ2n) is 18.6. The highest BCUT2D eigenvalue weighted by Gasteiger charge is 2.71. The van der Waals surface area contributed by atoms with Gasteiger partial charge in [-0.2, -0.15) is 0 Å². The Morgan fingerprint density at radius 2 is 1.64 bits per heavy atom. The quantitative estimate of drug-likeness (QED) is 0.296. The van der Waals surface area contributed by atoms with Gasteiger partial charge in [0.1, 0.15) is 0 Å². The summed E-state index contributed by atoms with van der Waals surface area (Å²) >= 11 is 0. The van der Waals surface area contributed by atoms with Gasteiger partial charge in [-0.1, -0.05) is 71.0 Å². The van der Waals surface area contributed by atoms with E-state index in [4.69, 9.17) is 0 Å². The molecule has 0 aliphatic heterocycles.